The average Bonchev–Trinajstić information content (AvgIpc) is 2.96. The largest absolute Gasteiger partial charge is 0.354 e. The van der Waals surface area contributed by atoms with Gasteiger partial charge in [0.05, 0.1) is 5.69 Å². The molecule has 21 heavy (non-hydrogen) atoms. The van der Waals surface area contributed by atoms with Crippen LogP contribution in [0.1, 0.15) is 12.0 Å². The zero-order valence-corrected chi connectivity index (χ0v) is 13.8. The Morgan fingerprint density at radius 3 is 2.81 bits per heavy atom. The van der Waals surface area contributed by atoms with Gasteiger partial charge in [-0.3, -0.25) is 4.98 Å². The molecule has 0 bridgehead atoms. The van der Waals surface area contributed by atoms with E-state index in [1.54, 1.807) is 6.20 Å². The van der Waals surface area contributed by atoms with Crippen LogP contribution in [0.4, 0.5) is 5.82 Å². The lowest BCUT2D eigenvalue weighted by atomic mass is 10.1. The van der Waals surface area contributed by atoms with Crippen molar-refractivity contribution in [3.05, 3.63) is 34.4 Å². The van der Waals surface area contributed by atoms with E-state index in [2.05, 4.69) is 41.3 Å². The van der Waals surface area contributed by atoms with E-state index in [0.29, 0.717) is 6.04 Å². The number of anilines is 1. The number of halogens is 1. The standard InChI is InChI=1S/C15H18BrN5/c1-10-7-11(16)8-18-15(10)13-3-4-14(20-19-13)21-6-5-12(9-21)17-2/h3-4,7-8,12,17H,5-6,9H2,1-2H3/t12-/m1/s1. The maximum absolute atomic E-state index is 4.43. The molecule has 3 rings (SSSR count). The van der Waals surface area contributed by atoms with Gasteiger partial charge >= 0.3 is 0 Å². The predicted molar refractivity (Wildman–Crippen MR) is 87.4 cm³/mol. The van der Waals surface area contributed by atoms with Crippen molar-refractivity contribution in [2.75, 3.05) is 25.0 Å². The van der Waals surface area contributed by atoms with Gasteiger partial charge in [-0.2, -0.15) is 0 Å². The van der Waals surface area contributed by atoms with Crippen LogP contribution in [0, 0.1) is 6.92 Å². The molecule has 1 saturated heterocycles. The average molecular weight is 348 g/mol. The van der Waals surface area contributed by atoms with Gasteiger partial charge in [0.25, 0.3) is 0 Å². The number of pyridine rings is 1. The summed E-state index contributed by atoms with van der Waals surface area (Å²) in [4.78, 5) is 6.69. The number of aryl methyl sites for hydroxylation is 1. The molecule has 1 N–H and O–H groups in total. The molecule has 0 aromatic carbocycles. The van der Waals surface area contributed by atoms with Crippen molar-refractivity contribution in [2.45, 2.75) is 19.4 Å². The summed E-state index contributed by atoms with van der Waals surface area (Å²) in [6.45, 7) is 4.04. The monoisotopic (exact) mass is 347 g/mol. The molecule has 2 aromatic rings. The second-order valence-electron chi connectivity index (χ2n) is 5.32. The maximum Gasteiger partial charge on any atom is 0.151 e. The Bertz CT molecular complexity index is 628. The second-order valence-corrected chi connectivity index (χ2v) is 6.23. The number of likely N-dealkylation sites (N-methyl/N-ethyl adjacent to an activating group) is 1. The van der Waals surface area contributed by atoms with E-state index in [0.717, 1.165) is 46.8 Å². The van der Waals surface area contributed by atoms with E-state index in [4.69, 9.17) is 0 Å². The number of nitrogens with zero attached hydrogens (tertiary/aromatic N) is 4. The molecule has 5 nitrogen and oxygen atoms in total. The molecule has 0 radical (unpaired) electrons. The lowest BCUT2D eigenvalue weighted by molar-refractivity contribution is 0.616. The summed E-state index contributed by atoms with van der Waals surface area (Å²) in [7, 11) is 2.00. The van der Waals surface area contributed by atoms with Crippen LogP contribution < -0.4 is 10.2 Å². The van der Waals surface area contributed by atoms with Crippen LogP contribution in [0.25, 0.3) is 11.4 Å². The van der Waals surface area contributed by atoms with E-state index in [9.17, 15) is 0 Å². The van der Waals surface area contributed by atoms with E-state index >= 15 is 0 Å². The first-order valence-corrected chi connectivity index (χ1v) is 7.85. The van der Waals surface area contributed by atoms with E-state index in [1.807, 2.05) is 32.2 Å². The van der Waals surface area contributed by atoms with Crippen molar-refractivity contribution < 1.29 is 0 Å². The highest BCUT2D eigenvalue weighted by molar-refractivity contribution is 9.10. The molecule has 0 spiro atoms. The van der Waals surface area contributed by atoms with Crippen molar-refractivity contribution in [1.29, 1.82) is 0 Å². The third-order valence-corrected chi connectivity index (χ3v) is 4.29. The topological polar surface area (TPSA) is 53.9 Å². The minimum atomic E-state index is 0.543. The lowest BCUT2D eigenvalue weighted by Crippen LogP contribution is -2.29. The van der Waals surface area contributed by atoms with Crippen molar-refractivity contribution in [3.63, 3.8) is 0 Å². The van der Waals surface area contributed by atoms with Gasteiger partial charge in [0.15, 0.2) is 5.82 Å². The molecule has 1 fully saturated rings. The van der Waals surface area contributed by atoms with Crippen molar-refractivity contribution in [2.24, 2.45) is 0 Å². The Hall–Kier alpha value is -1.53. The summed E-state index contributed by atoms with van der Waals surface area (Å²) in [5.74, 6) is 0.936. The van der Waals surface area contributed by atoms with Crippen LogP contribution in [-0.4, -0.2) is 41.4 Å². The van der Waals surface area contributed by atoms with Crippen LogP contribution in [0.15, 0.2) is 28.9 Å². The number of rotatable bonds is 3. The molecule has 3 heterocycles. The highest BCUT2D eigenvalue weighted by atomic mass is 79.9. The molecule has 6 heteroatoms. The molecule has 110 valence electrons. The van der Waals surface area contributed by atoms with Gasteiger partial charge in [0.2, 0.25) is 0 Å². The molecular weight excluding hydrogens is 330 g/mol. The molecule has 0 aliphatic carbocycles. The molecular formula is C15H18BrN5. The zero-order chi connectivity index (χ0) is 14.8. The van der Waals surface area contributed by atoms with Gasteiger partial charge in [-0.25, -0.2) is 0 Å². The normalized spacial score (nSPS) is 18.2. The summed E-state index contributed by atoms with van der Waals surface area (Å²) >= 11 is 3.43. The first kappa shape index (κ1) is 14.4. The number of aromatic nitrogens is 3. The minimum absolute atomic E-state index is 0.543. The van der Waals surface area contributed by atoms with Crippen LogP contribution in [0.3, 0.4) is 0 Å². The van der Waals surface area contributed by atoms with Crippen molar-refractivity contribution >= 4 is 21.7 Å². The van der Waals surface area contributed by atoms with E-state index in [1.165, 1.54) is 0 Å². The fourth-order valence-electron chi connectivity index (χ4n) is 2.63. The van der Waals surface area contributed by atoms with Gasteiger partial charge in [0, 0.05) is 29.8 Å². The van der Waals surface area contributed by atoms with Crippen LogP contribution in [0.5, 0.6) is 0 Å². The summed E-state index contributed by atoms with van der Waals surface area (Å²) < 4.78 is 0.975. The van der Waals surface area contributed by atoms with E-state index in [-0.39, 0.29) is 0 Å². The first-order valence-electron chi connectivity index (χ1n) is 7.06. The van der Waals surface area contributed by atoms with Gasteiger partial charge in [-0.05, 0) is 60.1 Å². The SMILES string of the molecule is CN[C@@H]1CCN(c2ccc(-c3ncc(Br)cc3C)nn2)C1. The maximum atomic E-state index is 4.43. The molecule has 1 aliphatic rings. The Kier molecular flexibility index (Phi) is 4.17. The Balaban J connectivity index is 1.81. The number of nitrogens with one attached hydrogen (secondary N) is 1. The summed E-state index contributed by atoms with van der Waals surface area (Å²) in [5, 5.41) is 12.0. The minimum Gasteiger partial charge on any atom is -0.354 e. The molecule has 1 aliphatic heterocycles. The number of hydrogen-bond acceptors (Lipinski definition) is 5. The molecule has 1 atom stereocenters. The smallest absolute Gasteiger partial charge is 0.151 e. The molecule has 2 aromatic heterocycles. The zero-order valence-electron chi connectivity index (χ0n) is 12.2. The fraction of sp³-hybridized carbons (Fsp3) is 0.400. The predicted octanol–water partition coefficient (Wildman–Crippen LogP) is 2.41. The fourth-order valence-corrected chi connectivity index (χ4v) is 3.08. The second kappa shape index (κ2) is 6.07. The molecule has 0 saturated carbocycles. The Morgan fingerprint density at radius 2 is 2.19 bits per heavy atom. The summed E-state index contributed by atoms with van der Waals surface area (Å²) in [6.07, 6.45) is 2.93. The van der Waals surface area contributed by atoms with Gasteiger partial charge in [-0.1, -0.05) is 0 Å². The van der Waals surface area contributed by atoms with Crippen LogP contribution in [0.2, 0.25) is 0 Å². The highest BCUT2D eigenvalue weighted by Crippen LogP contribution is 2.23. The van der Waals surface area contributed by atoms with E-state index < -0.39 is 0 Å². The lowest BCUT2D eigenvalue weighted by Gasteiger charge is -2.16. The van der Waals surface area contributed by atoms with Crippen LogP contribution >= 0.6 is 15.9 Å². The van der Waals surface area contributed by atoms with Gasteiger partial charge in [-0.15, -0.1) is 10.2 Å². The quantitative estimate of drug-likeness (QED) is 0.923. The third kappa shape index (κ3) is 3.06. The van der Waals surface area contributed by atoms with Crippen molar-refractivity contribution in [1.82, 2.24) is 20.5 Å². The Morgan fingerprint density at radius 1 is 1.33 bits per heavy atom. The van der Waals surface area contributed by atoms with Crippen LogP contribution in [-0.2, 0) is 0 Å². The highest BCUT2D eigenvalue weighted by Gasteiger charge is 2.22. The van der Waals surface area contributed by atoms with Gasteiger partial charge < -0.3 is 10.2 Å². The third-order valence-electron chi connectivity index (χ3n) is 3.86. The van der Waals surface area contributed by atoms with Gasteiger partial charge in [0.1, 0.15) is 5.69 Å². The first-order chi connectivity index (χ1) is 10.2. The van der Waals surface area contributed by atoms with Crippen molar-refractivity contribution in [3.8, 4) is 11.4 Å². The summed E-state index contributed by atoms with van der Waals surface area (Å²) in [5.41, 5.74) is 2.78. The number of hydrogen-bond donors (Lipinski definition) is 1. The molecule has 0 unspecified atom stereocenters. The summed E-state index contributed by atoms with van der Waals surface area (Å²) in [6, 6.07) is 6.61. The molecule has 0 amide bonds. The Labute approximate surface area is 132 Å².